The van der Waals surface area contributed by atoms with Gasteiger partial charge in [-0.15, -0.1) is 11.3 Å². The van der Waals surface area contributed by atoms with Crippen LogP contribution in [0.15, 0.2) is 0 Å². The van der Waals surface area contributed by atoms with Crippen molar-refractivity contribution >= 4 is 17.2 Å². The van der Waals surface area contributed by atoms with Crippen LogP contribution in [0.1, 0.15) is 41.8 Å². The Labute approximate surface area is 101 Å². The molecule has 0 spiro atoms. The monoisotopic (exact) mass is 240 g/mol. The van der Waals surface area contributed by atoms with Crippen LogP contribution in [0.4, 0.5) is 0 Å². The molecule has 1 N–H and O–H groups in total. The van der Waals surface area contributed by atoms with Gasteiger partial charge in [0.05, 0.1) is 10.7 Å². The molecule has 1 aromatic heterocycles. The first-order valence-electron chi connectivity index (χ1n) is 5.83. The minimum Gasteiger partial charge on any atom is -0.356 e. The van der Waals surface area contributed by atoms with Crippen molar-refractivity contribution in [1.82, 2.24) is 10.3 Å². The van der Waals surface area contributed by atoms with Crippen molar-refractivity contribution in [2.45, 2.75) is 46.5 Å². The molecule has 0 aliphatic rings. The van der Waals surface area contributed by atoms with Crippen LogP contribution in [0, 0.1) is 13.8 Å². The van der Waals surface area contributed by atoms with E-state index in [1.165, 1.54) is 4.88 Å². The number of amides is 1. The number of carbonyl (C=O) groups is 1. The Kier molecular flexibility index (Phi) is 5.46. The molecule has 0 saturated heterocycles. The molecule has 1 heterocycles. The van der Waals surface area contributed by atoms with Crippen LogP contribution >= 0.6 is 11.3 Å². The predicted octanol–water partition coefficient (Wildman–Crippen LogP) is 2.61. The Morgan fingerprint density at radius 2 is 2.19 bits per heavy atom. The van der Waals surface area contributed by atoms with E-state index in [1.807, 2.05) is 6.92 Å². The van der Waals surface area contributed by atoms with E-state index in [4.69, 9.17) is 0 Å². The van der Waals surface area contributed by atoms with Gasteiger partial charge < -0.3 is 5.32 Å². The molecule has 0 bridgehead atoms. The molecule has 1 rings (SSSR count). The Bertz CT molecular complexity index is 327. The van der Waals surface area contributed by atoms with Crippen LogP contribution in [0.5, 0.6) is 0 Å². The lowest BCUT2D eigenvalue weighted by Gasteiger charge is -2.02. The summed E-state index contributed by atoms with van der Waals surface area (Å²) in [6.45, 7) is 6.99. The van der Waals surface area contributed by atoms with Crippen molar-refractivity contribution in [1.29, 1.82) is 0 Å². The molecule has 1 amide bonds. The van der Waals surface area contributed by atoms with Crippen LogP contribution in [-0.2, 0) is 11.2 Å². The van der Waals surface area contributed by atoms with Gasteiger partial charge >= 0.3 is 0 Å². The molecule has 16 heavy (non-hydrogen) atoms. The van der Waals surface area contributed by atoms with Crippen LogP contribution in [-0.4, -0.2) is 17.4 Å². The van der Waals surface area contributed by atoms with Crippen molar-refractivity contribution in [3.8, 4) is 0 Å². The maximum absolute atomic E-state index is 11.4. The number of hydrogen-bond acceptors (Lipinski definition) is 3. The average Bonchev–Trinajstić information content (AvgIpc) is 2.56. The van der Waals surface area contributed by atoms with Gasteiger partial charge in [0, 0.05) is 24.3 Å². The smallest absolute Gasteiger partial charge is 0.220 e. The van der Waals surface area contributed by atoms with E-state index in [-0.39, 0.29) is 5.91 Å². The molecule has 1 aromatic rings. The summed E-state index contributed by atoms with van der Waals surface area (Å²) >= 11 is 1.69. The molecule has 0 saturated carbocycles. The lowest BCUT2D eigenvalue weighted by Crippen LogP contribution is -2.24. The van der Waals surface area contributed by atoms with E-state index in [1.54, 1.807) is 11.3 Å². The van der Waals surface area contributed by atoms with E-state index in [2.05, 4.69) is 24.1 Å². The fourth-order valence-corrected chi connectivity index (χ4v) is 2.29. The number of hydrogen-bond donors (Lipinski definition) is 1. The van der Waals surface area contributed by atoms with E-state index in [0.717, 1.165) is 36.5 Å². The maximum Gasteiger partial charge on any atom is 0.220 e. The predicted molar refractivity (Wildman–Crippen MR) is 67.8 cm³/mol. The Morgan fingerprint density at radius 1 is 1.44 bits per heavy atom. The van der Waals surface area contributed by atoms with Crippen molar-refractivity contribution in [2.75, 3.05) is 6.54 Å². The number of nitrogens with one attached hydrogen (secondary N) is 1. The van der Waals surface area contributed by atoms with E-state index < -0.39 is 0 Å². The second-order valence-corrected chi connectivity index (χ2v) is 5.24. The summed E-state index contributed by atoms with van der Waals surface area (Å²) in [6.07, 6.45) is 3.49. The zero-order valence-electron chi connectivity index (χ0n) is 10.3. The summed E-state index contributed by atoms with van der Waals surface area (Å²) in [5.74, 6) is 0.138. The largest absolute Gasteiger partial charge is 0.356 e. The summed E-state index contributed by atoms with van der Waals surface area (Å²) in [4.78, 5) is 17.1. The highest BCUT2D eigenvalue weighted by atomic mass is 32.1. The highest BCUT2D eigenvalue weighted by molar-refractivity contribution is 7.11. The normalized spacial score (nSPS) is 10.4. The second kappa shape index (κ2) is 6.63. The van der Waals surface area contributed by atoms with Gasteiger partial charge in [-0.2, -0.15) is 0 Å². The van der Waals surface area contributed by atoms with Gasteiger partial charge in [0.25, 0.3) is 0 Å². The maximum atomic E-state index is 11.4. The lowest BCUT2D eigenvalue weighted by atomic mass is 10.3. The van der Waals surface area contributed by atoms with Gasteiger partial charge in [-0.05, 0) is 20.3 Å². The molecule has 0 aliphatic carbocycles. The molecule has 0 aromatic carbocycles. The van der Waals surface area contributed by atoms with Gasteiger partial charge in [0.15, 0.2) is 0 Å². The molecule has 0 radical (unpaired) electrons. The Hall–Kier alpha value is -0.900. The number of aromatic nitrogens is 1. The summed E-state index contributed by atoms with van der Waals surface area (Å²) in [6, 6.07) is 0. The van der Waals surface area contributed by atoms with E-state index in [9.17, 15) is 4.79 Å². The summed E-state index contributed by atoms with van der Waals surface area (Å²) in [5.41, 5.74) is 1.09. The third kappa shape index (κ3) is 4.31. The van der Waals surface area contributed by atoms with Crippen LogP contribution < -0.4 is 5.32 Å². The highest BCUT2D eigenvalue weighted by Gasteiger charge is 2.06. The van der Waals surface area contributed by atoms with Gasteiger partial charge in [-0.1, -0.05) is 13.3 Å². The molecule has 0 atom stereocenters. The third-order valence-corrected chi connectivity index (χ3v) is 3.62. The number of nitrogens with zero attached hydrogens (tertiary/aromatic N) is 1. The van der Waals surface area contributed by atoms with Crippen molar-refractivity contribution in [2.24, 2.45) is 0 Å². The third-order valence-electron chi connectivity index (χ3n) is 2.49. The van der Waals surface area contributed by atoms with E-state index in [0.29, 0.717) is 6.42 Å². The molecule has 0 aliphatic heterocycles. The zero-order chi connectivity index (χ0) is 12.0. The minimum atomic E-state index is 0.138. The van der Waals surface area contributed by atoms with Gasteiger partial charge in [-0.25, -0.2) is 4.98 Å². The van der Waals surface area contributed by atoms with Gasteiger partial charge in [0.2, 0.25) is 5.91 Å². The first-order chi connectivity index (χ1) is 7.63. The quantitative estimate of drug-likeness (QED) is 0.777. The molecule has 3 nitrogen and oxygen atoms in total. The van der Waals surface area contributed by atoms with Gasteiger partial charge in [0.1, 0.15) is 0 Å². The molecule has 90 valence electrons. The SMILES string of the molecule is CCCCNC(=O)CCc1nc(C)c(C)s1. The number of carbonyl (C=O) groups excluding carboxylic acids is 1. The van der Waals surface area contributed by atoms with Gasteiger partial charge in [-0.3, -0.25) is 4.79 Å². The number of rotatable bonds is 6. The summed E-state index contributed by atoms with van der Waals surface area (Å²) in [5, 5.41) is 3.98. The topological polar surface area (TPSA) is 42.0 Å². The molecular weight excluding hydrogens is 220 g/mol. The van der Waals surface area contributed by atoms with Crippen molar-refractivity contribution in [3.63, 3.8) is 0 Å². The molecule has 4 heteroatoms. The number of thiazole rings is 1. The summed E-state index contributed by atoms with van der Waals surface area (Å²) in [7, 11) is 0. The number of aryl methyl sites for hydroxylation is 3. The Morgan fingerprint density at radius 3 is 2.75 bits per heavy atom. The van der Waals surface area contributed by atoms with Crippen molar-refractivity contribution < 1.29 is 4.79 Å². The van der Waals surface area contributed by atoms with Crippen LogP contribution in [0.2, 0.25) is 0 Å². The fraction of sp³-hybridized carbons (Fsp3) is 0.667. The zero-order valence-corrected chi connectivity index (χ0v) is 11.1. The summed E-state index contributed by atoms with van der Waals surface area (Å²) < 4.78 is 0. The molecular formula is C12H20N2OS. The second-order valence-electron chi connectivity index (χ2n) is 3.95. The minimum absolute atomic E-state index is 0.138. The van der Waals surface area contributed by atoms with Crippen LogP contribution in [0.3, 0.4) is 0 Å². The lowest BCUT2D eigenvalue weighted by molar-refractivity contribution is -0.121. The van der Waals surface area contributed by atoms with E-state index >= 15 is 0 Å². The Balaban J connectivity index is 2.26. The standard InChI is InChI=1S/C12H20N2OS/c1-4-5-8-13-11(15)6-7-12-14-9(2)10(3)16-12/h4-8H2,1-3H3,(H,13,15). The molecule has 0 unspecified atom stereocenters. The fourth-order valence-electron chi connectivity index (χ4n) is 1.36. The first-order valence-corrected chi connectivity index (χ1v) is 6.64. The van der Waals surface area contributed by atoms with Crippen LogP contribution in [0.25, 0.3) is 0 Å². The highest BCUT2D eigenvalue weighted by Crippen LogP contribution is 2.17. The first kappa shape index (κ1) is 13.2. The number of unbranched alkanes of at least 4 members (excludes halogenated alkanes) is 1. The molecule has 0 fully saturated rings. The average molecular weight is 240 g/mol. The van der Waals surface area contributed by atoms with Crippen molar-refractivity contribution in [3.05, 3.63) is 15.6 Å².